The molecule has 24 heavy (non-hydrogen) atoms. The first kappa shape index (κ1) is 15.9. The Balaban J connectivity index is 2.17. The Hall–Kier alpha value is -2.93. The van der Waals surface area contributed by atoms with Crippen molar-refractivity contribution in [1.82, 2.24) is 14.5 Å². The Labute approximate surface area is 140 Å². The Bertz CT molecular complexity index is 1010. The third-order valence-corrected chi connectivity index (χ3v) is 3.66. The standard InChI is InChI=1S/C16H12ClN3O4/c1-2-24-16(23)14-15(22)19-11-5-10(17)13(6-12(11)18-14)20-4-3-9(7-20)8-21/h3-8H,2H2,1H3,(H,19,22). The quantitative estimate of drug-likeness (QED) is 0.578. The number of benzene rings is 1. The highest BCUT2D eigenvalue weighted by atomic mass is 35.5. The molecule has 0 aliphatic heterocycles. The molecule has 0 atom stereocenters. The van der Waals surface area contributed by atoms with Crippen molar-refractivity contribution in [2.24, 2.45) is 0 Å². The number of rotatable bonds is 4. The molecule has 3 rings (SSSR count). The maximum absolute atomic E-state index is 12.0. The van der Waals surface area contributed by atoms with E-state index in [9.17, 15) is 14.4 Å². The lowest BCUT2D eigenvalue weighted by molar-refractivity contribution is 0.0517. The molecule has 0 saturated carbocycles. The van der Waals surface area contributed by atoms with Gasteiger partial charge in [0.25, 0.3) is 5.56 Å². The summed E-state index contributed by atoms with van der Waals surface area (Å²) in [5, 5.41) is 0.358. The number of nitrogens with zero attached hydrogens (tertiary/aromatic N) is 2. The van der Waals surface area contributed by atoms with E-state index < -0.39 is 11.5 Å². The summed E-state index contributed by atoms with van der Waals surface area (Å²) < 4.78 is 6.48. The number of hydrogen-bond donors (Lipinski definition) is 1. The van der Waals surface area contributed by atoms with Crippen molar-refractivity contribution in [3.8, 4) is 5.69 Å². The molecule has 0 saturated heterocycles. The summed E-state index contributed by atoms with van der Waals surface area (Å²) in [5.74, 6) is -0.790. The van der Waals surface area contributed by atoms with E-state index in [0.29, 0.717) is 27.3 Å². The van der Waals surface area contributed by atoms with Crippen molar-refractivity contribution in [3.05, 3.63) is 57.2 Å². The number of aromatic amines is 1. The van der Waals surface area contributed by atoms with E-state index in [1.54, 1.807) is 36.0 Å². The molecule has 7 nitrogen and oxygen atoms in total. The van der Waals surface area contributed by atoms with Crippen molar-refractivity contribution >= 4 is 34.9 Å². The fourth-order valence-corrected chi connectivity index (χ4v) is 2.53. The van der Waals surface area contributed by atoms with E-state index in [0.717, 1.165) is 6.29 Å². The summed E-state index contributed by atoms with van der Waals surface area (Å²) in [6.45, 7) is 1.78. The Morgan fingerprint density at radius 3 is 2.92 bits per heavy atom. The summed E-state index contributed by atoms with van der Waals surface area (Å²) in [7, 11) is 0. The van der Waals surface area contributed by atoms with Crippen LogP contribution in [0.3, 0.4) is 0 Å². The normalized spacial score (nSPS) is 10.8. The average molecular weight is 346 g/mol. The van der Waals surface area contributed by atoms with E-state index in [2.05, 4.69) is 9.97 Å². The fourth-order valence-electron chi connectivity index (χ4n) is 2.26. The largest absolute Gasteiger partial charge is 0.461 e. The maximum atomic E-state index is 12.0. The highest BCUT2D eigenvalue weighted by molar-refractivity contribution is 6.33. The molecule has 1 aromatic carbocycles. The highest BCUT2D eigenvalue weighted by Crippen LogP contribution is 2.25. The Morgan fingerprint density at radius 1 is 1.46 bits per heavy atom. The first-order chi connectivity index (χ1) is 11.5. The molecule has 3 aromatic rings. The number of nitrogens with one attached hydrogen (secondary N) is 1. The molecule has 0 fully saturated rings. The first-order valence-electron chi connectivity index (χ1n) is 7.07. The van der Waals surface area contributed by atoms with Crippen LogP contribution in [0.4, 0.5) is 0 Å². The van der Waals surface area contributed by atoms with Gasteiger partial charge < -0.3 is 14.3 Å². The number of ether oxygens (including phenoxy) is 1. The van der Waals surface area contributed by atoms with Crippen LogP contribution >= 0.6 is 11.6 Å². The summed E-state index contributed by atoms with van der Waals surface area (Å²) in [5.41, 5.74) is 0.857. The topological polar surface area (TPSA) is 94.0 Å². The summed E-state index contributed by atoms with van der Waals surface area (Å²) in [6.07, 6.45) is 4.01. The number of H-pyrrole nitrogens is 1. The number of halogens is 1. The van der Waals surface area contributed by atoms with Crippen molar-refractivity contribution in [3.63, 3.8) is 0 Å². The van der Waals surface area contributed by atoms with Crippen LogP contribution in [0, 0.1) is 0 Å². The fraction of sp³-hybridized carbons (Fsp3) is 0.125. The van der Waals surface area contributed by atoms with Gasteiger partial charge in [-0.05, 0) is 25.1 Å². The number of aldehydes is 1. The lowest BCUT2D eigenvalue weighted by Crippen LogP contribution is -2.22. The number of esters is 1. The van der Waals surface area contributed by atoms with Gasteiger partial charge in [0.1, 0.15) is 0 Å². The van der Waals surface area contributed by atoms with Crippen molar-refractivity contribution in [2.45, 2.75) is 6.92 Å². The predicted octanol–water partition coefficient (Wildman–Crippen LogP) is 2.36. The smallest absolute Gasteiger partial charge is 0.362 e. The van der Waals surface area contributed by atoms with Crippen molar-refractivity contribution in [2.75, 3.05) is 6.61 Å². The van der Waals surface area contributed by atoms with Crippen LogP contribution in [-0.2, 0) is 4.74 Å². The van der Waals surface area contributed by atoms with Crippen LogP contribution in [0.15, 0.2) is 35.4 Å². The van der Waals surface area contributed by atoms with E-state index in [1.807, 2.05) is 0 Å². The van der Waals surface area contributed by atoms with Crippen LogP contribution < -0.4 is 5.56 Å². The van der Waals surface area contributed by atoms with Crippen molar-refractivity contribution < 1.29 is 14.3 Å². The number of aromatic nitrogens is 3. The second-order valence-corrected chi connectivity index (χ2v) is 5.33. The zero-order chi connectivity index (χ0) is 17.3. The van der Waals surface area contributed by atoms with E-state index in [4.69, 9.17) is 16.3 Å². The average Bonchev–Trinajstić information content (AvgIpc) is 3.02. The van der Waals surface area contributed by atoms with Gasteiger partial charge in [0.2, 0.25) is 5.69 Å². The molecule has 0 bridgehead atoms. The molecule has 0 aliphatic rings. The van der Waals surface area contributed by atoms with Gasteiger partial charge in [-0.3, -0.25) is 9.59 Å². The van der Waals surface area contributed by atoms with Crippen molar-refractivity contribution in [1.29, 1.82) is 0 Å². The second-order valence-electron chi connectivity index (χ2n) is 4.93. The molecular weight excluding hydrogens is 334 g/mol. The molecule has 2 aromatic heterocycles. The summed E-state index contributed by atoms with van der Waals surface area (Å²) >= 11 is 6.24. The summed E-state index contributed by atoms with van der Waals surface area (Å²) in [6, 6.07) is 4.79. The molecule has 0 amide bonds. The minimum Gasteiger partial charge on any atom is -0.461 e. The van der Waals surface area contributed by atoms with Gasteiger partial charge >= 0.3 is 5.97 Å². The first-order valence-corrected chi connectivity index (χ1v) is 7.45. The molecule has 0 spiro atoms. The highest BCUT2D eigenvalue weighted by Gasteiger charge is 2.16. The van der Waals surface area contributed by atoms with Gasteiger partial charge in [0.05, 0.1) is 28.4 Å². The Morgan fingerprint density at radius 2 is 2.25 bits per heavy atom. The minimum atomic E-state index is -0.790. The number of fused-ring (bicyclic) bond motifs is 1. The molecule has 8 heteroatoms. The molecular formula is C16H12ClN3O4. The van der Waals surface area contributed by atoms with Crippen LogP contribution in [0.5, 0.6) is 0 Å². The lowest BCUT2D eigenvalue weighted by Gasteiger charge is -2.08. The van der Waals surface area contributed by atoms with Gasteiger partial charge in [-0.25, -0.2) is 9.78 Å². The van der Waals surface area contributed by atoms with Crippen LogP contribution in [0.25, 0.3) is 16.7 Å². The minimum absolute atomic E-state index is 0.141. The molecule has 0 aliphatic carbocycles. The molecule has 122 valence electrons. The van der Waals surface area contributed by atoms with Crippen LogP contribution in [-0.4, -0.2) is 33.4 Å². The third kappa shape index (κ3) is 2.81. The van der Waals surface area contributed by atoms with E-state index in [1.165, 1.54) is 6.07 Å². The van der Waals surface area contributed by atoms with Gasteiger partial charge in [0.15, 0.2) is 6.29 Å². The Kier molecular flexibility index (Phi) is 4.18. The monoisotopic (exact) mass is 345 g/mol. The van der Waals surface area contributed by atoms with E-state index >= 15 is 0 Å². The zero-order valence-corrected chi connectivity index (χ0v) is 13.3. The zero-order valence-electron chi connectivity index (χ0n) is 12.6. The molecule has 0 radical (unpaired) electrons. The van der Waals surface area contributed by atoms with Gasteiger partial charge in [-0.1, -0.05) is 11.6 Å². The second kappa shape index (κ2) is 6.29. The van der Waals surface area contributed by atoms with E-state index in [-0.39, 0.29) is 12.3 Å². The van der Waals surface area contributed by atoms with Gasteiger partial charge in [0, 0.05) is 18.0 Å². The predicted molar refractivity (Wildman–Crippen MR) is 88.0 cm³/mol. The third-order valence-electron chi connectivity index (χ3n) is 3.36. The van der Waals surface area contributed by atoms with Gasteiger partial charge in [-0.15, -0.1) is 0 Å². The van der Waals surface area contributed by atoms with Crippen LogP contribution in [0.1, 0.15) is 27.8 Å². The number of carbonyl (C=O) groups is 2. The molecule has 0 unspecified atom stereocenters. The SMILES string of the molecule is CCOC(=O)c1nc2cc(-n3ccc(C=O)c3)c(Cl)cc2[nH]c1=O. The number of hydrogen-bond acceptors (Lipinski definition) is 5. The molecule has 1 N–H and O–H groups in total. The van der Waals surface area contributed by atoms with Crippen LogP contribution in [0.2, 0.25) is 5.02 Å². The number of carbonyl (C=O) groups excluding carboxylic acids is 2. The van der Waals surface area contributed by atoms with Gasteiger partial charge in [-0.2, -0.15) is 0 Å². The maximum Gasteiger partial charge on any atom is 0.362 e. The molecule has 2 heterocycles. The lowest BCUT2D eigenvalue weighted by atomic mass is 10.2. The summed E-state index contributed by atoms with van der Waals surface area (Å²) in [4.78, 5) is 41.2.